The Bertz CT molecular complexity index is 447. The van der Waals surface area contributed by atoms with E-state index in [-0.39, 0.29) is 11.8 Å². The van der Waals surface area contributed by atoms with Crippen LogP contribution in [-0.4, -0.2) is 55.0 Å². The Hall–Kier alpha value is -0.620. The van der Waals surface area contributed by atoms with E-state index in [1.54, 1.807) is 18.7 Å². The van der Waals surface area contributed by atoms with Crippen molar-refractivity contribution in [3.8, 4) is 0 Å². The number of carbonyl (C=O) groups is 1. The fourth-order valence-corrected chi connectivity index (χ4v) is 3.37. The van der Waals surface area contributed by atoms with Gasteiger partial charge in [0.15, 0.2) is 0 Å². The monoisotopic (exact) mass is 304 g/mol. The van der Waals surface area contributed by atoms with Crippen molar-refractivity contribution in [3.05, 3.63) is 0 Å². The largest absolute Gasteiger partial charge is 0.340 e. The van der Waals surface area contributed by atoms with Crippen LogP contribution in [0.5, 0.6) is 0 Å². The molecule has 0 saturated carbocycles. The molecule has 1 amide bonds. The molecule has 0 aromatic rings. The molecule has 1 heterocycles. The molecule has 0 aromatic carbocycles. The number of hydrogen-bond acceptors (Lipinski definition) is 3. The van der Waals surface area contributed by atoms with Crippen molar-refractivity contribution in [2.45, 2.75) is 46.8 Å². The summed E-state index contributed by atoms with van der Waals surface area (Å²) in [6.45, 7) is 13.1. The van der Waals surface area contributed by atoms with Gasteiger partial charge in [0.1, 0.15) is 0 Å². The van der Waals surface area contributed by atoms with Gasteiger partial charge in [-0.05, 0) is 19.8 Å². The molecule has 0 radical (unpaired) electrons. The number of sulfonamides is 1. The van der Waals surface area contributed by atoms with E-state index in [0.29, 0.717) is 26.2 Å². The molecule has 0 spiro atoms. The van der Waals surface area contributed by atoms with E-state index in [1.807, 2.05) is 27.7 Å². The molecule has 0 bridgehead atoms. The maximum Gasteiger partial charge on any atom is 0.228 e. The highest BCUT2D eigenvalue weighted by atomic mass is 32.2. The summed E-state index contributed by atoms with van der Waals surface area (Å²) < 4.78 is 25.7. The van der Waals surface area contributed by atoms with Crippen molar-refractivity contribution in [1.82, 2.24) is 9.21 Å². The minimum Gasteiger partial charge on any atom is -0.340 e. The minimum absolute atomic E-state index is 0.120. The summed E-state index contributed by atoms with van der Waals surface area (Å²) >= 11 is 0. The summed E-state index contributed by atoms with van der Waals surface area (Å²) in [5, 5.41) is -0.406. The van der Waals surface area contributed by atoms with Crippen LogP contribution < -0.4 is 0 Å². The summed E-state index contributed by atoms with van der Waals surface area (Å²) in [6, 6.07) is 0. The van der Waals surface area contributed by atoms with Crippen LogP contribution in [0.1, 0.15) is 41.5 Å². The second-order valence-electron chi connectivity index (χ2n) is 6.66. The van der Waals surface area contributed by atoms with Gasteiger partial charge in [0, 0.05) is 31.6 Å². The van der Waals surface area contributed by atoms with E-state index in [2.05, 4.69) is 0 Å². The number of rotatable bonds is 4. The Morgan fingerprint density at radius 3 is 1.80 bits per heavy atom. The van der Waals surface area contributed by atoms with Gasteiger partial charge >= 0.3 is 0 Å². The number of hydrogen-bond donors (Lipinski definition) is 0. The first-order chi connectivity index (χ1) is 9.01. The third-order valence-electron chi connectivity index (χ3n) is 4.48. The van der Waals surface area contributed by atoms with Crippen molar-refractivity contribution in [2.75, 3.05) is 26.2 Å². The molecule has 0 unspecified atom stereocenters. The van der Waals surface area contributed by atoms with E-state index in [4.69, 9.17) is 0 Å². The molecule has 0 aromatic heterocycles. The molecular weight excluding hydrogens is 276 g/mol. The zero-order valence-electron chi connectivity index (χ0n) is 13.5. The minimum atomic E-state index is -3.21. The predicted molar refractivity (Wildman–Crippen MR) is 80.8 cm³/mol. The van der Waals surface area contributed by atoms with Crippen LogP contribution in [0.15, 0.2) is 0 Å². The Morgan fingerprint density at radius 2 is 1.45 bits per heavy atom. The lowest BCUT2D eigenvalue weighted by molar-refractivity contribution is -0.143. The first-order valence-electron chi connectivity index (χ1n) is 7.29. The van der Waals surface area contributed by atoms with E-state index >= 15 is 0 Å². The van der Waals surface area contributed by atoms with Crippen LogP contribution in [0, 0.1) is 11.3 Å². The van der Waals surface area contributed by atoms with Gasteiger partial charge in [-0.2, -0.15) is 4.31 Å². The fraction of sp³-hybridized carbons (Fsp3) is 0.929. The van der Waals surface area contributed by atoms with Gasteiger partial charge in [-0.1, -0.05) is 27.7 Å². The average molecular weight is 304 g/mol. The van der Waals surface area contributed by atoms with Gasteiger partial charge in [-0.15, -0.1) is 0 Å². The summed E-state index contributed by atoms with van der Waals surface area (Å²) in [6.07, 6.45) is 0. The highest BCUT2D eigenvalue weighted by Crippen LogP contribution is 2.29. The number of carbonyl (C=O) groups excluding carboxylic acids is 1. The van der Waals surface area contributed by atoms with E-state index in [9.17, 15) is 13.2 Å². The maximum atomic E-state index is 12.5. The topological polar surface area (TPSA) is 57.7 Å². The molecular formula is C14H28N2O3S. The van der Waals surface area contributed by atoms with Crippen LogP contribution >= 0.6 is 0 Å². The zero-order chi connectivity index (χ0) is 15.7. The Morgan fingerprint density at radius 1 is 1.00 bits per heavy atom. The van der Waals surface area contributed by atoms with Crippen LogP contribution in [0.2, 0.25) is 0 Å². The molecule has 0 aliphatic carbocycles. The maximum absolute atomic E-state index is 12.5. The average Bonchev–Trinajstić information content (AvgIpc) is 2.37. The van der Waals surface area contributed by atoms with Crippen molar-refractivity contribution in [1.29, 1.82) is 0 Å². The van der Waals surface area contributed by atoms with Crippen molar-refractivity contribution in [2.24, 2.45) is 11.3 Å². The molecule has 1 rings (SSSR count). The first kappa shape index (κ1) is 17.4. The molecule has 1 aliphatic rings. The van der Waals surface area contributed by atoms with Crippen molar-refractivity contribution >= 4 is 15.9 Å². The summed E-state index contributed by atoms with van der Waals surface area (Å²) in [4.78, 5) is 14.3. The number of nitrogens with zero attached hydrogens (tertiary/aromatic N) is 2. The van der Waals surface area contributed by atoms with Crippen molar-refractivity contribution < 1.29 is 13.2 Å². The van der Waals surface area contributed by atoms with E-state index in [1.165, 1.54) is 4.31 Å². The quantitative estimate of drug-likeness (QED) is 0.792. The standard InChI is InChI=1S/C14H28N2O3S/c1-11(2)14(5,6)13(17)15-7-9-16(10-8-15)20(18,19)12(3)4/h11-12H,7-10H2,1-6H3. The lowest BCUT2D eigenvalue weighted by Crippen LogP contribution is -2.55. The van der Waals surface area contributed by atoms with E-state index in [0.717, 1.165) is 0 Å². The first-order valence-corrected chi connectivity index (χ1v) is 8.80. The van der Waals surface area contributed by atoms with Crippen LogP contribution in [0.3, 0.4) is 0 Å². The molecule has 6 heteroatoms. The lowest BCUT2D eigenvalue weighted by Gasteiger charge is -2.39. The summed E-state index contributed by atoms with van der Waals surface area (Å²) in [5.74, 6) is 0.376. The van der Waals surface area contributed by atoms with Gasteiger partial charge in [-0.3, -0.25) is 4.79 Å². The van der Waals surface area contributed by atoms with Crippen LogP contribution in [-0.2, 0) is 14.8 Å². The second-order valence-corrected chi connectivity index (χ2v) is 9.15. The van der Waals surface area contributed by atoms with Gasteiger partial charge in [0.05, 0.1) is 5.25 Å². The third kappa shape index (κ3) is 3.34. The molecule has 118 valence electrons. The Labute approximate surface area is 123 Å². The second kappa shape index (κ2) is 6.02. The molecule has 20 heavy (non-hydrogen) atoms. The number of amides is 1. The Balaban J connectivity index is 2.71. The normalized spacial score (nSPS) is 18.9. The molecule has 5 nitrogen and oxygen atoms in total. The molecule has 1 saturated heterocycles. The fourth-order valence-electron chi connectivity index (χ4n) is 2.10. The summed E-state index contributed by atoms with van der Waals surface area (Å²) in [7, 11) is -3.21. The van der Waals surface area contributed by atoms with Gasteiger partial charge in [0.2, 0.25) is 15.9 Å². The molecule has 1 fully saturated rings. The third-order valence-corrected chi connectivity index (χ3v) is 6.75. The smallest absolute Gasteiger partial charge is 0.228 e. The van der Waals surface area contributed by atoms with Crippen LogP contribution in [0.4, 0.5) is 0 Å². The molecule has 0 N–H and O–H groups in total. The van der Waals surface area contributed by atoms with E-state index < -0.39 is 20.7 Å². The number of piperazine rings is 1. The Kier molecular flexibility index (Phi) is 5.24. The molecule has 1 aliphatic heterocycles. The van der Waals surface area contributed by atoms with Crippen LogP contribution in [0.25, 0.3) is 0 Å². The highest BCUT2D eigenvalue weighted by Gasteiger charge is 2.37. The highest BCUT2D eigenvalue weighted by molar-refractivity contribution is 7.89. The SMILES string of the molecule is CC(C)C(C)(C)C(=O)N1CCN(S(=O)(=O)C(C)C)CC1. The van der Waals surface area contributed by atoms with Gasteiger partial charge < -0.3 is 4.90 Å². The predicted octanol–water partition coefficient (Wildman–Crippen LogP) is 1.55. The van der Waals surface area contributed by atoms with Gasteiger partial charge in [0.25, 0.3) is 0 Å². The van der Waals surface area contributed by atoms with Crippen molar-refractivity contribution in [3.63, 3.8) is 0 Å². The lowest BCUT2D eigenvalue weighted by atomic mass is 9.80. The molecule has 0 atom stereocenters. The summed E-state index contributed by atoms with van der Waals surface area (Å²) in [5.41, 5.74) is -0.404. The zero-order valence-corrected chi connectivity index (χ0v) is 14.3. The van der Waals surface area contributed by atoms with Gasteiger partial charge in [-0.25, -0.2) is 8.42 Å².